The molecule has 1 unspecified atom stereocenters. The van der Waals surface area contributed by atoms with Crippen LogP contribution in [-0.2, 0) is 9.59 Å². The Morgan fingerprint density at radius 2 is 1.73 bits per heavy atom. The maximum Gasteiger partial charge on any atom is 0.234 e. The van der Waals surface area contributed by atoms with Crippen molar-refractivity contribution >= 4 is 29.3 Å². The molecule has 0 fully saturated rings. The van der Waals surface area contributed by atoms with Crippen LogP contribution in [0.1, 0.15) is 39.2 Å². The van der Waals surface area contributed by atoms with Crippen LogP contribution < -0.4 is 10.6 Å². The van der Waals surface area contributed by atoms with E-state index in [9.17, 15) is 9.59 Å². The summed E-state index contributed by atoms with van der Waals surface area (Å²) < 4.78 is 0. The quantitative estimate of drug-likeness (QED) is 0.771. The molecule has 0 aliphatic rings. The number of rotatable bonds is 8. The van der Waals surface area contributed by atoms with Crippen LogP contribution in [0.15, 0.2) is 24.3 Å². The largest absolute Gasteiger partial charge is 0.352 e. The maximum absolute atomic E-state index is 12.0. The lowest BCUT2D eigenvalue weighted by Crippen LogP contribution is -2.39. The minimum absolute atomic E-state index is 0.00170. The number of carbonyl (C=O) groups excluding carboxylic acids is 2. The fraction of sp³-hybridized carbons (Fsp3) is 0.529. The highest BCUT2D eigenvalue weighted by Crippen LogP contribution is 2.13. The Bertz CT molecular complexity index is 484. The van der Waals surface area contributed by atoms with Gasteiger partial charge < -0.3 is 10.6 Å². The van der Waals surface area contributed by atoms with Crippen LogP contribution in [0.25, 0.3) is 0 Å². The summed E-state index contributed by atoms with van der Waals surface area (Å²) in [6.45, 7) is 7.95. The predicted molar refractivity (Wildman–Crippen MR) is 94.2 cm³/mol. The van der Waals surface area contributed by atoms with Crippen molar-refractivity contribution in [2.24, 2.45) is 0 Å². The van der Waals surface area contributed by atoms with Gasteiger partial charge >= 0.3 is 0 Å². The van der Waals surface area contributed by atoms with Gasteiger partial charge in [0.25, 0.3) is 0 Å². The van der Waals surface area contributed by atoms with E-state index in [1.54, 1.807) is 0 Å². The predicted octanol–water partition coefficient (Wildman–Crippen LogP) is 3.36. The van der Waals surface area contributed by atoms with Gasteiger partial charge in [-0.1, -0.05) is 31.5 Å². The summed E-state index contributed by atoms with van der Waals surface area (Å²) in [5, 5.41) is 5.61. The molecule has 1 atom stereocenters. The summed E-state index contributed by atoms with van der Waals surface area (Å²) in [7, 11) is 0. The Morgan fingerprint density at radius 3 is 2.27 bits per heavy atom. The first-order valence-electron chi connectivity index (χ1n) is 7.74. The molecule has 0 aromatic heterocycles. The minimum atomic E-state index is -0.232. The smallest absolute Gasteiger partial charge is 0.234 e. The average Bonchev–Trinajstić information content (AvgIpc) is 2.52. The molecule has 0 saturated carbocycles. The van der Waals surface area contributed by atoms with Gasteiger partial charge in [0.05, 0.1) is 11.0 Å². The zero-order valence-corrected chi connectivity index (χ0v) is 14.6. The molecule has 4 nitrogen and oxygen atoms in total. The standard InChI is InChI=1S/C17H26N2O2S/c1-5-14(6-2)19-17(21)13(4)22-11-16(20)18-15-9-7-12(3)8-10-15/h7-10,13-14H,5-6,11H2,1-4H3,(H,18,20)(H,19,21). The molecule has 0 heterocycles. The van der Waals surface area contributed by atoms with Gasteiger partial charge in [0.1, 0.15) is 0 Å². The lowest BCUT2D eigenvalue weighted by molar-refractivity contribution is -0.121. The van der Waals surface area contributed by atoms with E-state index in [0.717, 1.165) is 24.1 Å². The summed E-state index contributed by atoms with van der Waals surface area (Å²) in [5.41, 5.74) is 1.93. The van der Waals surface area contributed by atoms with E-state index in [2.05, 4.69) is 24.5 Å². The van der Waals surface area contributed by atoms with Crippen molar-refractivity contribution in [3.8, 4) is 0 Å². The highest BCUT2D eigenvalue weighted by atomic mass is 32.2. The summed E-state index contributed by atoms with van der Waals surface area (Å²) in [5.74, 6) is 0.184. The molecule has 0 aliphatic heterocycles. The number of benzene rings is 1. The minimum Gasteiger partial charge on any atom is -0.352 e. The molecule has 2 N–H and O–H groups in total. The van der Waals surface area contributed by atoms with Crippen molar-refractivity contribution in [3.05, 3.63) is 29.8 Å². The molecule has 0 saturated heterocycles. The zero-order valence-electron chi connectivity index (χ0n) is 13.8. The topological polar surface area (TPSA) is 58.2 Å². The Labute approximate surface area is 137 Å². The molecule has 5 heteroatoms. The summed E-state index contributed by atoms with van der Waals surface area (Å²) in [4.78, 5) is 23.9. The Hall–Kier alpha value is -1.49. The van der Waals surface area contributed by atoms with Gasteiger partial charge in [0, 0.05) is 11.7 Å². The molecular formula is C17H26N2O2S. The number of thioether (sulfide) groups is 1. The fourth-order valence-corrected chi connectivity index (χ4v) is 2.61. The SMILES string of the molecule is CCC(CC)NC(=O)C(C)SCC(=O)Nc1ccc(C)cc1. The molecule has 1 aromatic rings. The van der Waals surface area contributed by atoms with E-state index in [4.69, 9.17) is 0 Å². The third kappa shape index (κ3) is 6.52. The van der Waals surface area contributed by atoms with E-state index in [-0.39, 0.29) is 28.9 Å². The first kappa shape index (κ1) is 18.6. The van der Waals surface area contributed by atoms with Crippen LogP contribution in [0.3, 0.4) is 0 Å². The van der Waals surface area contributed by atoms with Crippen LogP contribution in [0, 0.1) is 6.92 Å². The van der Waals surface area contributed by atoms with Crippen LogP contribution >= 0.6 is 11.8 Å². The molecule has 1 aromatic carbocycles. The molecule has 0 radical (unpaired) electrons. The van der Waals surface area contributed by atoms with E-state index < -0.39 is 0 Å². The second-order valence-corrected chi connectivity index (χ2v) is 6.72. The van der Waals surface area contributed by atoms with Gasteiger partial charge in [-0.2, -0.15) is 0 Å². The number of aryl methyl sites for hydroxylation is 1. The molecule has 22 heavy (non-hydrogen) atoms. The third-order valence-electron chi connectivity index (χ3n) is 3.50. The summed E-state index contributed by atoms with van der Waals surface area (Å²) >= 11 is 1.35. The maximum atomic E-state index is 12.0. The van der Waals surface area contributed by atoms with Gasteiger partial charge in [-0.3, -0.25) is 9.59 Å². The zero-order chi connectivity index (χ0) is 16.5. The van der Waals surface area contributed by atoms with Crippen molar-refractivity contribution in [2.45, 2.75) is 51.8 Å². The average molecular weight is 322 g/mol. The number of hydrogen-bond acceptors (Lipinski definition) is 3. The molecule has 0 aliphatic carbocycles. The van der Waals surface area contributed by atoms with E-state index in [0.29, 0.717) is 0 Å². The summed E-state index contributed by atoms with van der Waals surface area (Å²) in [6.07, 6.45) is 1.85. The Morgan fingerprint density at radius 1 is 1.14 bits per heavy atom. The number of amides is 2. The number of nitrogens with one attached hydrogen (secondary N) is 2. The van der Waals surface area contributed by atoms with Crippen molar-refractivity contribution in [3.63, 3.8) is 0 Å². The molecule has 122 valence electrons. The van der Waals surface area contributed by atoms with E-state index in [1.165, 1.54) is 11.8 Å². The van der Waals surface area contributed by atoms with Gasteiger partial charge in [0.2, 0.25) is 11.8 Å². The van der Waals surface area contributed by atoms with Gasteiger partial charge in [-0.15, -0.1) is 11.8 Å². The number of carbonyl (C=O) groups is 2. The lowest BCUT2D eigenvalue weighted by Gasteiger charge is -2.18. The van der Waals surface area contributed by atoms with Gasteiger partial charge in [-0.05, 0) is 38.8 Å². The van der Waals surface area contributed by atoms with Crippen LogP contribution in [0.5, 0.6) is 0 Å². The van der Waals surface area contributed by atoms with Gasteiger partial charge in [0.15, 0.2) is 0 Å². The molecule has 0 spiro atoms. The van der Waals surface area contributed by atoms with E-state index in [1.807, 2.05) is 38.1 Å². The van der Waals surface area contributed by atoms with Crippen LogP contribution in [0.4, 0.5) is 5.69 Å². The molecule has 1 rings (SSSR count). The highest BCUT2D eigenvalue weighted by molar-refractivity contribution is 8.01. The first-order chi connectivity index (χ1) is 10.5. The number of hydrogen-bond donors (Lipinski definition) is 2. The van der Waals surface area contributed by atoms with Crippen LogP contribution in [0.2, 0.25) is 0 Å². The second-order valence-electron chi connectivity index (χ2n) is 5.39. The normalized spacial score (nSPS) is 12.0. The summed E-state index contributed by atoms with van der Waals surface area (Å²) in [6, 6.07) is 7.88. The molecule has 0 bridgehead atoms. The second kappa shape index (κ2) is 9.51. The monoisotopic (exact) mass is 322 g/mol. The van der Waals surface area contributed by atoms with Crippen molar-refractivity contribution < 1.29 is 9.59 Å². The Balaban J connectivity index is 2.36. The van der Waals surface area contributed by atoms with Crippen molar-refractivity contribution in [1.82, 2.24) is 5.32 Å². The Kier molecular flexibility index (Phi) is 8.02. The fourth-order valence-electron chi connectivity index (χ4n) is 1.92. The lowest BCUT2D eigenvalue weighted by atomic mass is 10.2. The van der Waals surface area contributed by atoms with E-state index >= 15 is 0 Å². The number of anilines is 1. The van der Waals surface area contributed by atoms with Gasteiger partial charge in [-0.25, -0.2) is 0 Å². The van der Waals surface area contributed by atoms with Crippen molar-refractivity contribution in [2.75, 3.05) is 11.1 Å². The molecule has 2 amide bonds. The first-order valence-corrected chi connectivity index (χ1v) is 8.79. The van der Waals surface area contributed by atoms with Crippen molar-refractivity contribution in [1.29, 1.82) is 0 Å². The highest BCUT2D eigenvalue weighted by Gasteiger charge is 2.17. The third-order valence-corrected chi connectivity index (χ3v) is 4.64. The molecular weight excluding hydrogens is 296 g/mol. The van der Waals surface area contributed by atoms with Crippen LogP contribution in [-0.4, -0.2) is 28.9 Å².